The maximum Gasteiger partial charge on any atom is 0.140 e. The van der Waals surface area contributed by atoms with Gasteiger partial charge in [-0.3, -0.25) is 4.98 Å². The summed E-state index contributed by atoms with van der Waals surface area (Å²) in [6.45, 7) is 4.03. The Morgan fingerprint density at radius 3 is 2.67 bits per heavy atom. The Morgan fingerprint density at radius 2 is 2.00 bits per heavy atom. The number of pyridine rings is 1. The average molecular weight is 249 g/mol. The third-order valence-electron chi connectivity index (χ3n) is 3.23. The van der Waals surface area contributed by atoms with Gasteiger partial charge in [0.25, 0.3) is 0 Å². The molecule has 1 aliphatic rings. The van der Waals surface area contributed by atoms with Gasteiger partial charge in [-0.05, 0) is 39.5 Å². The zero-order valence-corrected chi connectivity index (χ0v) is 11.2. The van der Waals surface area contributed by atoms with Crippen molar-refractivity contribution in [3.63, 3.8) is 0 Å². The van der Waals surface area contributed by atoms with E-state index < -0.39 is 0 Å². The number of hydrogen-bond acceptors (Lipinski definition) is 4. The van der Waals surface area contributed by atoms with Crippen molar-refractivity contribution < 1.29 is 4.74 Å². The summed E-state index contributed by atoms with van der Waals surface area (Å²) in [5.74, 6) is 0.822. The number of nitrogens with one attached hydrogen (secondary N) is 1. The summed E-state index contributed by atoms with van der Waals surface area (Å²) in [6.07, 6.45) is 8.26. The molecule has 1 aliphatic carbocycles. The Labute approximate surface area is 109 Å². The predicted octanol–water partition coefficient (Wildman–Crippen LogP) is 2.55. The number of nitrogens with two attached hydrogens (primary N) is 1. The van der Waals surface area contributed by atoms with Gasteiger partial charge in [0.15, 0.2) is 0 Å². The van der Waals surface area contributed by atoms with Gasteiger partial charge >= 0.3 is 0 Å². The molecule has 1 aromatic rings. The van der Waals surface area contributed by atoms with E-state index in [1.165, 1.54) is 0 Å². The van der Waals surface area contributed by atoms with Crippen molar-refractivity contribution in [3.05, 3.63) is 18.5 Å². The van der Waals surface area contributed by atoms with Crippen LogP contribution in [0.2, 0.25) is 0 Å². The van der Waals surface area contributed by atoms with E-state index in [0.29, 0.717) is 12.1 Å². The highest BCUT2D eigenvalue weighted by Gasteiger charge is 2.18. The third kappa shape index (κ3) is 3.88. The minimum atomic E-state index is 0.176. The summed E-state index contributed by atoms with van der Waals surface area (Å²) in [4.78, 5) is 4.21. The molecule has 1 heterocycles. The first-order valence-electron chi connectivity index (χ1n) is 6.77. The summed E-state index contributed by atoms with van der Waals surface area (Å²) in [5.41, 5.74) is 6.94. The van der Waals surface area contributed by atoms with Crippen LogP contribution in [0, 0.1) is 0 Å². The fourth-order valence-corrected chi connectivity index (χ4v) is 2.33. The largest absolute Gasteiger partial charge is 0.489 e. The quantitative estimate of drug-likeness (QED) is 0.861. The highest BCUT2D eigenvalue weighted by Crippen LogP contribution is 2.23. The second kappa shape index (κ2) is 6.05. The molecule has 0 aliphatic heterocycles. The fraction of sp³-hybridized carbons (Fsp3) is 0.643. The summed E-state index contributed by atoms with van der Waals surface area (Å²) >= 11 is 0. The van der Waals surface area contributed by atoms with Gasteiger partial charge in [0.05, 0.1) is 24.2 Å². The maximum atomic E-state index is 5.91. The van der Waals surface area contributed by atoms with Gasteiger partial charge in [-0.15, -0.1) is 0 Å². The second-order valence-corrected chi connectivity index (χ2v) is 5.33. The number of anilines is 1. The van der Waals surface area contributed by atoms with Gasteiger partial charge in [0.2, 0.25) is 0 Å². The molecule has 0 bridgehead atoms. The lowest BCUT2D eigenvalue weighted by atomic mass is 9.92. The van der Waals surface area contributed by atoms with Crippen LogP contribution < -0.4 is 15.8 Å². The van der Waals surface area contributed by atoms with Crippen molar-refractivity contribution in [2.24, 2.45) is 5.73 Å². The van der Waals surface area contributed by atoms with Crippen molar-refractivity contribution in [1.82, 2.24) is 4.98 Å². The molecule has 100 valence electrons. The molecule has 18 heavy (non-hydrogen) atoms. The van der Waals surface area contributed by atoms with Crippen LogP contribution in [-0.2, 0) is 0 Å². The number of rotatable bonds is 4. The molecule has 0 unspecified atom stereocenters. The van der Waals surface area contributed by atoms with Crippen molar-refractivity contribution in [3.8, 4) is 5.75 Å². The van der Waals surface area contributed by atoms with Crippen molar-refractivity contribution in [1.29, 1.82) is 0 Å². The van der Waals surface area contributed by atoms with E-state index in [2.05, 4.69) is 10.3 Å². The lowest BCUT2D eigenvalue weighted by molar-refractivity contribution is 0.241. The van der Waals surface area contributed by atoms with Crippen molar-refractivity contribution in [2.75, 3.05) is 5.32 Å². The third-order valence-corrected chi connectivity index (χ3v) is 3.23. The Hall–Kier alpha value is -1.29. The van der Waals surface area contributed by atoms with Crippen LogP contribution in [0.4, 0.5) is 5.69 Å². The van der Waals surface area contributed by atoms with Crippen LogP contribution >= 0.6 is 0 Å². The highest BCUT2D eigenvalue weighted by molar-refractivity contribution is 5.46. The number of hydrogen-bond donors (Lipinski definition) is 2. The molecule has 0 amide bonds. The summed E-state index contributed by atoms with van der Waals surface area (Å²) in [6, 6.07) is 2.92. The first kappa shape index (κ1) is 13.1. The van der Waals surface area contributed by atoms with Crippen molar-refractivity contribution >= 4 is 5.69 Å². The summed E-state index contributed by atoms with van der Waals surface area (Å²) in [7, 11) is 0. The first-order valence-corrected chi connectivity index (χ1v) is 6.77. The minimum Gasteiger partial charge on any atom is -0.489 e. The second-order valence-electron chi connectivity index (χ2n) is 5.33. The molecule has 0 spiro atoms. The molecule has 1 aromatic heterocycles. The monoisotopic (exact) mass is 249 g/mol. The van der Waals surface area contributed by atoms with Crippen LogP contribution in [0.5, 0.6) is 5.75 Å². The minimum absolute atomic E-state index is 0.176. The average Bonchev–Trinajstić information content (AvgIpc) is 2.32. The van der Waals surface area contributed by atoms with Gasteiger partial charge < -0.3 is 15.8 Å². The van der Waals surface area contributed by atoms with E-state index in [1.807, 2.05) is 26.1 Å². The molecule has 4 nitrogen and oxygen atoms in total. The fourth-order valence-electron chi connectivity index (χ4n) is 2.33. The first-order chi connectivity index (χ1) is 8.63. The molecule has 3 N–H and O–H groups in total. The molecule has 1 fully saturated rings. The molecule has 4 heteroatoms. The SMILES string of the molecule is CC(C)Oc1cncc(NC2CCC(N)CC2)c1. The summed E-state index contributed by atoms with van der Waals surface area (Å²) in [5, 5.41) is 3.52. The maximum absolute atomic E-state index is 5.91. The Bertz CT molecular complexity index is 373. The van der Waals surface area contributed by atoms with Gasteiger partial charge in [-0.1, -0.05) is 0 Å². The molecule has 2 rings (SSSR count). The van der Waals surface area contributed by atoms with E-state index in [0.717, 1.165) is 37.1 Å². The van der Waals surface area contributed by atoms with Gasteiger partial charge in [0.1, 0.15) is 5.75 Å². The standard InChI is InChI=1S/C14H23N3O/c1-10(2)18-14-7-13(8-16-9-14)17-12-5-3-11(15)4-6-12/h7-12,17H,3-6,15H2,1-2H3. The van der Waals surface area contributed by atoms with E-state index in [1.54, 1.807) is 6.20 Å². The highest BCUT2D eigenvalue weighted by atomic mass is 16.5. The van der Waals surface area contributed by atoms with E-state index >= 15 is 0 Å². The van der Waals surface area contributed by atoms with Gasteiger partial charge in [0, 0.05) is 18.2 Å². The van der Waals surface area contributed by atoms with Crippen LogP contribution in [0.15, 0.2) is 18.5 Å². The predicted molar refractivity (Wildman–Crippen MR) is 73.9 cm³/mol. The topological polar surface area (TPSA) is 60.2 Å². The van der Waals surface area contributed by atoms with E-state index in [9.17, 15) is 0 Å². The lowest BCUT2D eigenvalue weighted by Crippen LogP contribution is -2.32. The van der Waals surface area contributed by atoms with E-state index in [-0.39, 0.29) is 6.10 Å². The molecular weight excluding hydrogens is 226 g/mol. The molecule has 0 radical (unpaired) electrons. The zero-order valence-electron chi connectivity index (χ0n) is 11.2. The van der Waals surface area contributed by atoms with Crippen LogP contribution in [-0.4, -0.2) is 23.2 Å². The molecular formula is C14H23N3O. The van der Waals surface area contributed by atoms with Gasteiger partial charge in [-0.2, -0.15) is 0 Å². The lowest BCUT2D eigenvalue weighted by Gasteiger charge is -2.27. The Morgan fingerprint density at radius 1 is 1.28 bits per heavy atom. The van der Waals surface area contributed by atoms with E-state index in [4.69, 9.17) is 10.5 Å². The van der Waals surface area contributed by atoms with Crippen LogP contribution in [0.25, 0.3) is 0 Å². The molecule has 0 aromatic carbocycles. The smallest absolute Gasteiger partial charge is 0.140 e. The molecule has 1 saturated carbocycles. The number of aromatic nitrogens is 1. The van der Waals surface area contributed by atoms with Crippen LogP contribution in [0.3, 0.4) is 0 Å². The zero-order chi connectivity index (χ0) is 13.0. The van der Waals surface area contributed by atoms with Gasteiger partial charge in [-0.25, -0.2) is 0 Å². The Kier molecular flexibility index (Phi) is 4.42. The van der Waals surface area contributed by atoms with Crippen LogP contribution in [0.1, 0.15) is 39.5 Å². The number of nitrogens with zero attached hydrogens (tertiary/aromatic N) is 1. The molecule has 0 saturated heterocycles. The Balaban J connectivity index is 1.92. The normalized spacial score (nSPS) is 24.0. The van der Waals surface area contributed by atoms with Crippen molar-refractivity contribution in [2.45, 2.75) is 57.7 Å². The number of ether oxygens (including phenoxy) is 1. The summed E-state index contributed by atoms with van der Waals surface area (Å²) < 4.78 is 5.64. The molecule has 0 atom stereocenters.